The Bertz CT molecular complexity index is 299. The van der Waals surface area contributed by atoms with Crippen LogP contribution < -0.4 is 0 Å². The highest BCUT2D eigenvalue weighted by molar-refractivity contribution is 14.1. The molecule has 0 aliphatic rings. The third-order valence-electron chi connectivity index (χ3n) is 1.17. The second-order valence-corrected chi connectivity index (χ2v) is 3.10. The minimum atomic E-state index is -4.46. The van der Waals surface area contributed by atoms with Crippen molar-refractivity contribution in [3.8, 4) is 5.75 Å². The van der Waals surface area contributed by atoms with E-state index in [0.29, 0.717) is 6.20 Å². The van der Waals surface area contributed by atoms with E-state index in [9.17, 15) is 13.2 Å². The molecule has 66 valence electrons. The molecule has 0 unspecified atom stereocenters. The molecule has 1 rings (SSSR count). The first-order valence-electron chi connectivity index (χ1n) is 2.82. The van der Waals surface area contributed by atoms with Crippen molar-refractivity contribution < 1.29 is 18.3 Å². The number of aromatic nitrogens is 1. The highest BCUT2D eigenvalue weighted by atomic mass is 127. The molecule has 1 aromatic rings. The molecular weight excluding hydrogens is 286 g/mol. The Morgan fingerprint density at radius 2 is 1.92 bits per heavy atom. The molecule has 2 nitrogen and oxygen atoms in total. The number of hydrogen-bond donors (Lipinski definition) is 1. The summed E-state index contributed by atoms with van der Waals surface area (Å²) in [6.45, 7) is 0. The van der Waals surface area contributed by atoms with Gasteiger partial charge in [-0.2, -0.15) is 13.2 Å². The minimum absolute atomic E-state index is 0.227. The van der Waals surface area contributed by atoms with E-state index in [-0.39, 0.29) is 3.57 Å². The van der Waals surface area contributed by atoms with Crippen LogP contribution in [-0.2, 0) is 6.18 Å². The lowest BCUT2D eigenvalue weighted by molar-refractivity contribution is -0.138. The maximum Gasteiger partial charge on any atom is 0.419 e. The lowest BCUT2D eigenvalue weighted by Gasteiger charge is -2.08. The fraction of sp³-hybridized carbons (Fsp3) is 0.167. The van der Waals surface area contributed by atoms with Crippen LogP contribution in [0.4, 0.5) is 13.2 Å². The summed E-state index contributed by atoms with van der Waals surface area (Å²) in [5.74, 6) is -0.453. The molecule has 0 saturated heterocycles. The van der Waals surface area contributed by atoms with Gasteiger partial charge in [-0.25, -0.2) is 0 Å². The van der Waals surface area contributed by atoms with Gasteiger partial charge in [0.2, 0.25) is 0 Å². The number of nitrogens with zero attached hydrogens (tertiary/aromatic N) is 1. The normalized spacial score (nSPS) is 11.7. The molecule has 0 atom stereocenters. The van der Waals surface area contributed by atoms with Gasteiger partial charge in [-0.1, -0.05) is 0 Å². The average Bonchev–Trinajstić information content (AvgIpc) is 1.92. The number of halogens is 4. The zero-order valence-corrected chi connectivity index (χ0v) is 7.72. The third-order valence-corrected chi connectivity index (χ3v) is 2.30. The summed E-state index contributed by atoms with van der Waals surface area (Å²) in [6.07, 6.45) is -2.80. The van der Waals surface area contributed by atoms with Crippen LogP contribution in [0.25, 0.3) is 0 Å². The Morgan fingerprint density at radius 1 is 1.33 bits per heavy atom. The van der Waals surface area contributed by atoms with Crippen molar-refractivity contribution in [1.29, 1.82) is 0 Å². The molecule has 0 aliphatic heterocycles. The van der Waals surface area contributed by atoms with E-state index in [1.807, 2.05) is 0 Å². The Balaban J connectivity index is 3.26. The molecule has 0 bridgehead atoms. The molecule has 0 amide bonds. The maximum absolute atomic E-state index is 12.1. The first-order chi connectivity index (χ1) is 5.43. The highest BCUT2D eigenvalue weighted by Crippen LogP contribution is 2.35. The van der Waals surface area contributed by atoms with Crippen LogP contribution in [0, 0.1) is 3.57 Å². The van der Waals surface area contributed by atoms with Crippen LogP contribution in [0.3, 0.4) is 0 Å². The van der Waals surface area contributed by atoms with Gasteiger partial charge < -0.3 is 5.11 Å². The van der Waals surface area contributed by atoms with E-state index in [4.69, 9.17) is 5.11 Å². The Labute approximate surface area is 79.6 Å². The summed E-state index contributed by atoms with van der Waals surface area (Å²) in [6, 6.07) is 0. The number of hydrogen-bond acceptors (Lipinski definition) is 2. The molecule has 0 aliphatic carbocycles. The number of rotatable bonds is 0. The Hall–Kier alpha value is -0.530. The van der Waals surface area contributed by atoms with Crippen molar-refractivity contribution in [3.63, 3.8) is 0 Å². The summed E-state index contributed by atoms with van der Waals surface area (Å²) < 4.78 is 36.0. The zero-order valence-electron chi connectivity index (χ0n) is 5.56. The molecule has 6 heteroatoms. The summed E-state index contributed by atoms with van der Waals surface area (Å²) >= 11 is 1.42. The fourth-order valence-electron chi connectivity index (χ4n) is 0.631. The van der Waals surface area contributed by atoms with E-state index in [1.54, 1.807) is 0 Å². The second-order valence-electron chi connectivity index (χ2n) is 2.02. The molecule has 0 spiro atoms. The van der Waals surface area contributed by atoms with Crippen molar-refractivity contribution in [3.05, 3.63) is 21.5 Å². The van der Waals surface area contributed by atoms with Crippen molar-refractivity contribution in [2.45, 2.75) is 6.18 Å². The van der Waals surface area contributed by atoms with E-state index in [2.05, 4.69) is 4.98 Å². The number of pyridine rings is 1. The molecule has 12 heavy (non-hydrogen) atoms. The molecule has 1 heterocycles. The smallest absolute Gasteiger partial charge is 0.419 e. The lowest BCUT2D eigenvalue weighted by atomic mass is 10.3. The molecule has 0 saturated carbocycles. The van der Waals surface area contributed by atoms with Gasteiger partial charge in [-0.15, -0.1) is 0 Å². The van der Waals surface area contributed by atoms with Gasteiger partial charge in [0.1, 0.15) is 5.75 Å². The summed E-state index contributed by atoms with van der Waals surface area (Å²) in [5.41, 5.74) is -0.914. The SMILES string of the molecule is Oc1cncc(C(F)(F)F)c1I. The van der Waals surface area contributed by atoms with Gasteiger partial charge >= 0.3 is 6.18 Å². The maximum atomic E-state index is 12.1. The number of alkyl halides is 3. The third kappa shape index (κ3) is 1.79. The predicted molar refractivity (Wildman–Crippen MR) is 43.6 cm³/mol. The van der Waals surface area contributed by atoms with Gasteiger partial charge in [-0.3, -0.25) is 4.98 Å². The van der Waals surface area contributed by atoms with Crippen LogP contribution in [0.5, 0.6) is 5.75 Å². The summed E-state index contributed by atoms with van der Waals surface area (Å²) in [7, 11) is 0. The molecule has 0 radical (unpaired) electrons. The topological polar surface area (TPSA) is 33.1 Å². The van der Waals surface area contributed by atoms with Crippen molar-refractivity contribution in [1.82, 2.24) is 4.98 Å². The van der Waals surface area contributed by atoms with E-state index >= 15 is 0 Å². The molecule has 1 aromatic heterocycles. The predicted octanol–water partition coefficient (Wildman–Crippen LogP) is 2.41. The minimum Gasteiger partial charge on any atom is -0.505 e. The van der Waals surface area contributed by atoms with Gasteiger partial charge in [-0.05, 0) is 22.6 Å². The highest BCUT2D eigenvalue weighted by Gasteiger charge is 2.34. The number of aromatic hydroxyl groups is 1. The monoisotopic (exact) mass is 289 g/mol. The molecular formula is C6H3F3INO. The van der Waals surface area contributed by atoms with Gasteiger partial charge in [0.05, 0.1) is 15.3 Å². The van der Waals surface area contributed by atoms with Crippen LogP contribution >= 0.6 is 22.6 Å². The zero-order chi connectivity index (χ0) is 9.35. The van der Waals surface area contributed by atoms with E-state index in [1.165, 1.54) is 22.6 Å². The van der Waals surface area contributed by atoms with E-state index in [0.717, 1.165) is 6.20 Å². The van der Waals surface area contributed by atoms with Crippen LogP contribution in [0.1, 0.15) is 5.56 Å². The average molecular weight is 289 g/mol. The molecule has 1 N–H and O–H groups in total. The molecule has 0 fully saturated rings. The first kappa shape index (κ1) is 9.56. The van der Waals surface area contributed by atoms with Gasteiger partial charge in [0.15, 0.2) is 0 Å². The van der Waals surface area contributed by atoms with Crippen LogP contribution in [-0.4, -0.2) is 10.1 Å². The van der Waals surface area contributed by atoms with Crippen LogP contribution in [0.15, 0.2) is 12.4 Å². The van der Waals surface area contributed by atoms with E-state index < -0.39 is 17.5 Å². The van der Waals surface area contributed by atoms with Crippen molar-refractivity contribution in [2.75, 3.05) is 0 Å². The van der Waals surface area contributed by atoms with Crippen LogP contribution in [0.2, 0.25) is 0 Å². The van der Waals surface area contributed by atoms with Gasteiger partial charge in [0, 0.05) is 6.20 Å². The first-order valence-corrected chi connectivity index (χ1v) is 3.90. The fourth-order valence-corrected chi connectivity index (χ4v) is 1.22. The molecule has 0 aromatic carbocycles. The largest absolute Gasteiger partial charge is 0.505 e. The Morgan fingerprint density at radius 3 is 2.33 bits per heavy atom. The lowest BCUT2D eigenvalue weighted by Crippen LogP contribution is -2.07. The van der Waals surface area contributed by atoms with Gasteiger partial charge in [0.25, 0.3) is 0 Å². The summed E-state index contributed by atoms with van der Waals surface area (Å²) in [5, 5.41) is 8.89. The summed E-state index contributed by atoms with van der Waals surface area (Å²) in [4.78, 5) is 3.24. The van der Waals surface area contributed by atoms with Crippen molar-refractivity contribution >= 4 is 22.6 Å². The second kappa shape index (κ2) is 3.08. The Kier molecular flexibility index (Phi) is 2.45. The quantitative estimate of drug-likeness (QED) is 0.744. The van der Waals surface area contributed by atoms with Crippen molar-refractivity contribution in [2.24, 2.45) is 0 Å². The standard InChI is InChI=1S/C6H3F3INO/c7-6(8,9)3-1-11-2-4(12)5(3)10/h1-2,12H.